The van der Waals surface area contributed by atoms with Gasteiger partial charge in [-0.2, -0.15) is 0 Å². The number of carbonyl (C=O) groups is 1. The zero-order valence-electron chi connectivity index (χ0n) is 13.6. The van der Waals surface area contributed by atoms with Crippen molar-refractivity contribution in [1.82, 2.24) is 4.98 Å². The number of ether oxygens (including phenoxy) is 3. The summed E-state index contributed by atoms with van der Waals surface area (Å²) in [4.78, 5) is 27.7. The fraction of sp³-hybridized carbons (Fsp3) is 0.111. The lowest BCUT2D eigenvalue weighted by atomic mass is 9.95. The highest BCUT2D eigenvalue weighted by Gasteiger charge is 2.27. The van der Waals surface area contributed by atoms with E-state index >= 15 is 0 Å². The Morgan fingerprint density at radius 3 is 2.69 bits per heavy atom. The highest BCUT2D eigenvalue weighted by molar-refractivity contribution is 6.03. The topological polar surface area (TPSA) is 101 Å². The number of benzene rings is 2. The molecule has 0 fully saturated rings. The third-order valence-corrected chi connectivity index (χ3v) is 4.15. The summed E-state index contributed by atoms with van der Waals surface area (Å²) in [6.07, 6.45) is 1.56. The maximum atomic E-state index is 12.3. The van der Waals surface area contributed by atoms with Gasteiger partial charge >= 0.3 is 5.97 Å². The van der Waals surface area contributed by atoms with E-state index in [-0.39, 0.29) is 23.6 Å². The van der Waals surface area contributed by atoms with Crippen molar-refractivity contribution in [3.05, 3.63) is 58.3 Å². The minimum atomic E-state index is -0.626. The minimum absolute atomic E-state index is 0.0170. The lowest BCUT2D eigenvalue weighted by Gasteiger charge is -2.11. The van der Waals surface area contributed by atoms with Crippen LogP contribution in [0.2, 0.25) is 0 Å². The number of nitrogens with zero attached hydrogens (tertiary/aromatic N) is 2. The molecule has 0 unspecified atom stereocenters. The summed E-state index contributed by atoms with van der Waals surface area (Å²) in [6.45, 7) is 0.0170. The number of fused-ring (bicyclic) bond motifs is 2. The molecule has 0 amide bonds. The van der Waals surface area contributed by atoms with Crippen molar-refractivity contribution in [3.63, 3.8) is 0 Å². The number of hydrogen-bond acceptors (Lipinski definition) is 7. The highest BCUT2D eigenvalue weighted by Crippen LogP contribution is 2.43. The molecule has 4 rings (SSSR count). The standard InChI is InChI=1S/C18H12N2O6/c1-24-18(21)13-8-16-15(25-9-26-16)7-12(13)10-4-5-14-11(3-2-6-19-14)17(10)20(22)23/h2-8H,9H2,1H3. The first-order valence-corrected chi connectivity index (χ1v) is 7.64. The lowest BCUT2D eigenvalue weighted by Crippen LogP contribution is -2.05. The molecule has 0 bridgehead atoms. The number of nitro benzene ring substituents is 1. The Labute approximate surface area is 147 Å². The van der Waals surface area contributed by atoms with E-state index in [9.17, 15) is 14.9 Å². The zero-order chi connectivity index (χ0) is 18.3. The van der Waals surface area contributed by atoms with Gasteiger partial charge in [0.05, 0.1) is 34.1 Å². The normalized spacial score (nSPS) is 12.2. The van der Waals surface area contributed by atoms with Gasteiger partial charge in [-0.15, -0.1) is 0 Å². The molecule has 0 saturated heterocycles. The molecule has 0 radical (unpaired) electrons. The van der Waals surface area contributed by atoms with Crippen LogP contribution >= 0.6 is 0 Å². The van der Waals surface area contributed by atoms with Crippen molar-refractivity contribution in [2.75, 3.05) is 13.9 Å². The Hall–Kier alpha value is -3.68. The maximum Gasteiger partial charge on any atom is 0.338 e. The Morgan fingerprint density at radius 1 is 1.19 bits per heavy atom. The summed E-state index contributed by atoms with van der Waals surface area (Å²) in [6, 6.07) is 9.51. The van der Waals surface area contributed by atoms with Gasteiger partial charge in [-0.3, -0.25) is 15.1 Å². The Bertz CT molecular complexity index is 1060. The fourth-order valence-electron chi connectivity index (χ4n) is 2.99. The molecule has 0 N–H and O–H groups in total. The number of rotatable bonds is 3. The fourth-order valence-corrected chi connectivity index (χ4v) is 2.99. The molecule has 2 aromatic carbocycles. The lowest BCUT2D eigenvalue weighted by molar-refractivity contribution is -0.382. The largest absolute Gasteiger partial charge is 0.465 e. The number of nitro groups is 1. The van der Waals surface area contributed by atoms with Crippen LogP contribution in [-0.2, 0) is 4.74 Å². The molecule has 0 saturated carbocycles. The molecule has 1 aromatic heterocycles. The average molecular weight is 352 g/mol. The first-order chi connectivity index (χ1) is 12.6. The summed E-state index contributed by atoms with van der Waals surface area (Å²) in [5.41, 5.74) is 1.11. The zero-order valence-corrected chi connectivity index (χ0v) is 13.6. The van der Waals surface area contributed by atoms with Gasteiger partial charge in [0.1, 0.15) is 0 Å². The number of aromatic nitrogens is 1. The van der Waals surface area contributed by atoms with E-state index in [1.807, 2.05) is 0 Å². The Morgan fingerprint density at radius 2 is 1.96 bits per heavy atom. The highest BCUT2D eigenvalue weighted by atomic mass is 16.7. The number of hydrogen-bond donors (Lipinski definition) is 0. The molecular weight excluding hydrogens is 340 g/mol. The van der Waals surface area contributed by atoms with Crippen molar-refractivity contribution >= 4 is 22.6 Å². The van der Waals surface area contributed by atoms with Crippen LogP contribution in [0.4, 0.5) is 5.69 Å². The van der Waals surface area contributed by atoms with E-state index in [0.717, 1.165) is 0 Å². The van der Waals surface area contributed by atoms with Crippen LogP contribution in [0.3, 0.4) is 0 Å². The van der Waals surface area contributed by atoms with E-state index in [1.54, 1.807) is 36.5 Å². The second-order valence-corrected chi connectivity index (χ2v) is 5.53. The maximum absolute atomic E-state index is 12.3. The first kappa shape index (κ1) is 15.8. The van der Waals surface area contributed by atoms with Crippen LogP contribution in [0, 0.1) is 10.1 Å². The molecule has 1 aliphatic heterocycles. The van der Waals surface area contributed by atoms with Gasteiger partial charge in [0.2, 0.25) is 6.79 Å². The molecule has 130 valence electrons. The van der Waals surface area contributed by atoms with Crippen LogP contribution in [-0.4, -0.2) is 29.8 Å². The average Bonchev–Trinajstić information content (AvgIpc) is 3.12. The second kappa shape index (κ2) is 5.99. The number of carbonyl (C=O) groups excluding carboxylic acids is 1. The van der Waals surface area contributed by atoms with Crippen molar-refractivity contribution in [1.29, 1.82) is 0 Å². The van der Waals surface area contributed by atoms with Crippen molar-refractivity contribution in [2.24, 2.45) is 0 Å². The molecule has 0 atom stereocenters. The van der Waals surface area contributed by atoms with Gasteiger partial charge in [0, 0.05) is 11.8 Å². The van der Waals surface area contributed by atoms with Crippen LogP contribution in [0.25, 0.3) is 22.0 Å². The summed E-state index contributed by atoms with van der Waals surface area (Å²) in [7, 11) is 1.25. The van der Waals surface area contributed by atoms with Gasteiger partial charge in [-0.25, -0.2) is 4.79 Å². The Balaban J connectivity index is 2.05. The second-order valence-electron chi connectivity index (χ2n) is 5.53. The van der Waals surface area contributed by atoms with Crippen LogP contribution in [0.5, 0.6) is 11.5 Å². The number of pyridine rings is 1. The van der Waals surface area contributed by atoms with Crippen LogP contribution < -0.4 is 9.47 Å². The number of methoxy groups -OCH3 is 1. The quantitative estimate of drug-likeness (QED) is 0.405. The van der Waals surface area contributed by atoms with Gasteiger partial charge < -0.3 is 14.2 Å². The molecule has 1 aliphatic rings. The minimum Gasteiger partial charge on any atom is -0.465 e. The molecule has 8 heteroatoms. The molecule has 2 heterocycles. The smallest absolute Gasteiger partial charge is 0.338 e. The van der Waals surface area contributed by atoms with Crippen LogP contribution in [0.1, 0.15) is 10.4 Å². The van der Waals surface area contributed by atoms with E-state index in [4.69, 9.17) is 14.2 Å². The van der Waals surface area contributed by atoms with E-state index in [1.165, 1.54) is 13.2 Å². The predicted octanol–water partition coefficient (Wildman–Crippen LogP) is 3.33. The predicted molar refractivity (Wildman–Crippen MR) is 91.3 cm³/mol. The van der Waals surface area contributed by atoms with Crippen molar-refractivity contribution in [3.8, 4) is 22.6 Å². The molecular formula is C18H12N2O6. The summed E-state index contributed by atoms with van der Waals surface area (Å²) < 4.78 is 15.5. The van der Waals surface area contributed by atoms with E-state index in [0.29, 0.717) is 28.0 Å². The first-order valence-electron chi connectivity index (χ1n) is 7.64. The molecule has 0 aliphatic carbocycles. The van der Waals surface area contributed by atoms with Crippen LogP contribution in [0.15, 0.2) is 42.6 Å². The van der Waals surface area contributed by atoms with Gasteiger partial charge in [0.25, 0.3) is 5.69 Å². The van der Waals surface area contributed by atoms with Gasteiger partial charge in [-0.1, -0.05) is 0 Å². The van der Waals surface area contributed by atoms with E-state index in [2.05, 4.69) is 4.98 Å². The molecule has 0 spiro atoms. The summed E-state index contributed by atoms with van der Waals surface area (Å²) in [5, 5.41) is 12.2. The van der Waals surface area contributed by atoms with Gasteiger partial charge in [-0.05, 0) is 36.4 Å². The number of esters is 1. The van der Waals surface area contributed by atoms with Crippen molar-refractivity contribution < 1.29 is 23.9 Å². The van der Waals surface area contributed by atoms with Crippen molar-refractivity contribution in [2.45, 2.75) is 0 Å². The molecule has 8 nitrogen and oxygen atoms in total. The molecule has 3 aromatic rings. The summed E-state index contributed by atoms with van der Waals surface area (Å²) >= 11 is 0. The monoisotopic (exact) mass is 352 g/mol. The Kier molecular flexibility index (Phi) is 3.65. The van der Waals surface area contributed by atoms with Gasteiger partial charge in [0.15, 0.2) is 11.5 Å². The SMILES string of the molecule is COC(=O)c1cc2c(cc1-c1ccc3ncccc3c1[N+](=O)[O-])OCO2. The third kappa shape index (κ3) is 2.39. The summed E-state index contributed by atoms with van der Waals surface area (Å²) in [5.74, 6) is 0.173. The third-order valence-electron chi connectivity index (χ3n) is 4.15. The van der Waals surface area contributed by atoms with E-state index < -0.39 is 10.9 Å². The molecule has 26 heavy (non-hydrogen) atoms.